The van der Waals surface area contributed by atoms with E-state index in [1.165, 1.54) is 0 Å². The molecule has 0 unspecified atom stereocenters. The summed E-state index contributed by atoms with van der Waals surface area (Å²) in [6, 6.07) is 13.3. The number of unbranched alkanes of at least 4 members (excludes halogenated alkanes) is 6. The molecule has 0 heterocycles. The average Bonchev–Trinajstić information content (AvgIpc) is 2.90. The Morgan fingerprint density at radius 3 is 1.56 bits per heavy atom. The molecular formula is C28H36O8. The van der Waals surface area contributed by atoms with E-state index in [4.69, 9.17) is 29.0 Å². The van der Waals surface area contributed by atoms with Gasteiger partial charge in [0.05, 0.1) is 13.2 Å². The molecule has 0 aliphatic rings. The molecule has 0 atom stereocenters. The van der Waals surface area contributed by atoms with Gasteiger partial charge in [-0.2, -0.15) is 0 Å². The molecule has 0 aliphatic carbocycles. The van der Waals surface area contributed by atoms with Crippen LogP contribution in [0.15, 0.2) is 48.5 Å². The number of carbonyl (C=O) groups excluding carboxylic acids is 2. The Bertz CT molecular complexity index is 848. The summed E-state index contributed by atoms with van der Waals surface area (Å²) in [6.07, 6.45) is 7.08. The number of hydrogen-bond acceptors (Lipinski definition) is 8. The Kier molecular flexibility index (Phi) is 14.0. The smallest absolute Gasteiger partial charge is 0.376 e. The Morgan fingerprint density at radius 2 is 1.08 bits per heavy atom. The van der Waals surface area contributed by atoms with Gasteiger partial charge in [-0.05, 0) is 44.5 Å². The zero-order chi connectivity index (χ0) is 26.0. The van der Waals surface area contributed by atoms with E-state index in [-0.39, 0.29) is 23.8 Å². The number of ether oxygens (including phenoxy) is 2. The van der Waals surface area contributed by atoms with Gasteiger partial charge < -0.3 is 9.47 Å². The molecular weight excluding hydrogens is 464 g/mol. The van der Waals surface area contributed by atoms with E-state index in [9.17, 15) is 9.59 Å². The summed E-state index contributed by atoms with van der Waals surface area (Å²) in [5.74, 6) is -0.780. The lowest BCUT2D eigenvalue weighted by Crippen LogP contribution is -2.17. The van der Waals surface area contributed by atoms with E-state index in [2.05, 4.69) is 6.92 Å². The van der Waals surface area contributed by atoms with Gasteiger partial charge in [-0.25, -0.2) is 9.59 Å². The van der Waals surface area contributed by atoms with Crippen LogP contribution in [0.3, 0.4) is 0 Å². The van der Waals surface area contributed by atoms with Gasteiger partial charge in [0.15, 0.2) is 0 Å². The van der Waals surface area contributed by atoms with Crippen molar-refractivity contribution in [2.75, 3.05) is 13.2 Å². The van der Waals surface area contributed by atoms with Crippen LogP contribution in [-0.2, 0) is 19.6 Å². The Labute approximate surface area is 213 Å². The third kappa shape index (κ3) is 10.3. The zero-order valence-electron chi connectivity index (χ0n) is 21.2. The van der Waals surface area contributed by atoms with Crippen molar-refractivity contribution in [1.29, 1.82) is 0 Å². The summed E-state index contributed by atoms with van der Waals surface area (Å²) in [7, 11) is 0. The number of carbonyl (C=O) groups is 2. The molecule has 0 fully saturated rings. The fraction of sp³-hybridized carbons (Fsp3) is 0.429. The van der Waals surface area contributed by atoms with Crippen molar-refractivity contribution >= 4 is 11.9 Å². The molecule has 0 saturated carbocycles. The van der Waals surface area contributed by atoms with Gasteiger partial charge in [0.25, 0.3) is 0 Å². The average molecular weight is 501 g/mol. The lowest BCUT2D eigenvalue weighted by molar-refractivity contribution is -0.364. The fourth-order valence-electron chi connectivity index (χ4n) is 3.34. The monoisotopic (exact) mass is 500 g/mol. The first-order valence-electron chi connectivity index (χ1n) is 12.5. The highest BCUT2D eigenvalue weighted by molar-refractivity contribution is 5.92. The molecule has 0 bridgehead atoms. The van der Waals surface area contributed by atoms with E-state index in [1.807, 2.05) is 13.8 Å². The molecule has 196 valence electrons. The van der Waals surface area contributed by atoms with Crippen LogP contribution in [0, 0.1) is 13.2 Å². The number of benzene rings is 2. The number of para-hydroxylation sites is 2. The van der Waals surface area contributed by atoms with E-state index >= 15 is 0 Å². The van der Waals surface area contributed by atoms with Crippen LogP contribution < -0.4 is 9.47 Å². The van der Waals surface area contributed by atoms with Crippen LogP contribution >= 0.6 is 0 Å². The predicted octanol–water partition coefficient (Wildman–Crippen LogP) is 6.81. The zero-order valence-corrected chi connectivity index (χ0v) is 21.2. The summed E-state index contributed by atoms with van der Waals surface area (Å²) >= 11 is 0. The normalized spacial score (nSPS) is 10.8. The molecule has 2 aromatic carbocycles. The fourth-order valence-corrected chi connectivity index (χ4v) is 3.34. The minimum absolute atomic E-state index is 0.141. The van der Waals surface area contributed by atoms with E-state index in [0.29, 0.717) is 31.1 Å². The predicted molar refractivity (Wildman–Crippen MR) is 134 cm³/mol. The number of hydrogen-bond donors (Lipinski definition) is 0. The molecule has 0 spiro atoms. The van der Waals surface area contributed by atoms with Crippen molar-refractivity contribution in [3.05, 3.63) is 72.9 Å². The SMILES string of the molecule is [CH2]CCCCCCCC[C](OOC(=O)c1ccccc1OCC)OOC(=O)c1ccccc1OCC. The molecule has 2 aromatic rings. The Hall–Kier alpha value is -3.10. The van der Waals surface area contributed by atoms with E-state index in [0.717, 1.165) is 38.5 Å². The minimum Gasteiger partial charge on any atom is -0.493 e. The molecule has 36 heavy (non-hydrogen) atoms. The number of rotatable bonds is 18. The largest absolute Gasteiger partial charge is 0.493 e. The quantitative estimate of drug-likeness (QED) is 0.125. The summed E-state index contributed by atoms with van der Waals surface area (Å²) in [4.78, 5) is 45.5. The maximum atomic E-state index is 12.6. The second-order valence-corrected chi connectivity index (χ2v) is 7.86. The van der Waals surface area contributed by atoms with E-state index in [1.54, 1.807) is 48.5 Å². The third-order valence-electron chi connectivity index (χ3n) is 5.12. The van der Waals surface area contributed by atoms with Crippen molar-refractivity contribution in [2.24, 2.45) is 0 Å². The Balaban J connectivity index is 1.96. The second kappa shape index (κ2) is 17.3. The van der Waals surface area contributed by atoms with Gasteiger partial charge in [0, 0.05) is 6.42 Å². The van der Waals surface area contributed by atoms with Crippen LogP contribution in [-0.4, -0.2) is 25.2 Å². The first-order chi connectivity index (χ1) is 17.6. The molecule has 8 nitrogen and oxygen atoms in total. The summed E-state index contributed by atoms with van der Waals surface area (Å²) < 4.78 is 10.9. The van der Waals surface area contributed by atoms with Gasteiger partial charge >= 0.3 is 18.2 Å². The van der Waals surface area contributed by atoms with Crippen LogP contribution in [0.2, 0.25) is 0 Å². The lowest BCUT2D eigenvalue weighted by atomic mass is 10.1. The highest BCUT2D eigenvalue weighted by atomic mass is 17.3. The molecule has 2 rings (SSSR count). The summed E-state index contributed by atoms with van der Waals surface area (Å²) in [5, 5.41) is 0. The van der Waals surface area contributed by atoms with Gasteiger partial charge in [-0.15, -0.1) is 9.78 Å². The second-order valence-electron chi connectivity index (χ2n) is 7.86. The van der Waals surface area contributed by atoms with Gasteiger partial charge in [0.1, 0.15) is 22.6 Å². The Morgan fingerprint density at radius 1 is 0.639 bits per heavy atom. The summed E-state index contributed by atoms with van der Waals surface area (Å²) in [6.45, 7) is 8.26. The third-order valence-corrected chi connectivity index (χ3v) is 5.12. The molecule has 0 N–H and O–H groups in total. The van der Waals surface area contributed by atoms with Gasteiger partial charge in [-0.3, -0.25) is 9.78 Å². The molecule has 0 aromatic heterocycles. The first kappa shape index (κ1) is 29.1. The highest BCUT2D eigenvalue weighted by Gasteiger charge is 2.24. The first-order valence-corrected chi connectivity index (χ1v) is 12.5. The maximum Gasteiger partial charge on any atom is 0.376 e. The molecule has 0 amide bonds. The van der Waals surface area contributed by atoms with Crippen molar-refractivity contribution in [2.45, 2.75) is 65.2 Å². The van der Waals surface area contributed by atoms with Gasteiger partial charge in [0.2, 0.25) is 0 Å². The highest BCUT2D eigenvalue weighted by Crippen LogP contribution is 2.24. The van der Waals surface area contributed by atoms with Gasteiger partial charge in [-0.1, -0.05) is 69.7 Å². The topological polar surface area (TPSA) is 89.5 Å². The molecule has 0 aliphatic heterocycles. The van der Waals surface area contributed by atoms with Crippen molar-refractivity contribution in [1.82, 2.24) is 0 Å². The molecule has 2 radical (unpaired) electrons. The molecule has 8 heteroatoms. The minimum atomic E-state index is -0.763. The van der Waals surface area contributed by atoms with Crippen LogP contribution in [0.25, 0.3) is 0 Å². The molecule has 0 saturated heterocycles. The lowest BCUT2D eigenvalue weighted by Gasteiger charge is -2.15. The standard InChI is InChI=1S/C28H36O8/c1-4-7-8-9-10-11-12-21-26(33-35-27(29)22-17-13-15-19-24(22)31-5-2)34-36-28(30)23-18-14-16-20-25(23)32-6-3/h13-20H,1,4-12,21H2,2-3H3. The van der Waals surface area contributed by atoms with Crippen molar-refractivity contribution in [3.8, 4) is 11.5 Å². The van der Waals surface area contributed by atoms with Crippen LogP contribution in [0.5, 0.6) is 11.5 Å². The van der Waals surface area contributed by atoms with Crippen molar-refractivity contribution < 1.29 is 38.6 Å². The summed E-state index contributed by atoms with van der Waals surface area (Å²) in [5.41, 5.74) is 0.401. The van der Waals surface area contributed by atoms with Crippen LogP contribution in [0.4, 0.5) is 0 Å². The van der Waals surface area contributed by atoms with E-state index < -0.39 is 11.9 Å². The van der Waals surface area contributed by atoms with Crippen LogP contribution in [0.1, 0.15) is 85.9 Å². The maximum absolute atomic E-state index is 12.6. The van der Waals surface area contributed by atoms with Crippen molar-refractivity contribution in [3.63, 3.8) is 0 Å².